The van der Waals surface area contributed by atoms with Gasteiger partial charge in [-0.1, -0.05) is 6.07 Å². The summed E-state index contributed by atoms with van der Waals surface area (Å²) >= 11 is 0. The van der Waals surface area contributed by atoms with Gasteiger partial charge in [-0.15, -0.1) is 0 Å². The van der Waals surface area contributed by atoms with Crippen LogP contribution in [0.2, 0.25) is 0 Å². The van der Waals surface area contributed by atoms with Gasteiger partial charge in [0, 0.05) is 11.6 Å². The van der Waals surface area contributed by atoms with Crippen LogP contribution >= 0.6 is 0 Å². The lowest BCUT2D eigenvalue weighted by Gasteiger charge is -2.35. The van der Waals surface area contributed by atoms with Crippen LogP contribution in [0.1, 0.15) is 28.8 Å². The lowest BCUT2D eigenvalue weighted by Crippen LogP contribution is -2.44. The summed E-state index contributed by atoms with van der Waals surface area (Å²) in [7, 11) is 6.38. The van der Waals surface area contributed by atoms with E-state index >= 15 is 0 Å². The second-order valence-corrected chi connectivity index (χ2v) is 6.93. The number of nitrogens with zero attached hydrogens (tertiary/aromatic N) is 2. The van der Waals surface area contributed by atoms with Gasteiger partial charge in [0.1, 0.15) is 17.2 Å². The second-order valence-electron chi connectivity index (χ2n) is 6.93. The van der Waals surface area contributed by atoms with Crippen LogP contribution in [-0.4, -0.2) is 36.6 Å². The highest BCUT2D eigenvalue weighted by Gasteiger charge is 2.30. The maximum atomic E-state index is 14.8. The fraction of sp³-hybridized carbons (Fsp3) is 0.263. The van der Waals surface area contributed by atoms with Gasteiger partial charge in [0.15, 0.2) is 0 Å². The first-order valence-corrected chi connectivity index (χ1v) is 8.66. The van der Waals surface area contributed by atoms with E-state index in [0.29, 0.717) is 29.6 Å². The van der Waals surface area contributed by atoms with Gasteiger partial charge in [-0.25, -0.2) is 13.5 Å². The second kappa shape index (κ2) is 6.46. The Morgan fingerprint density at radius 1 is 1.30 bits per heavy atom. The quantitative estimate of drug-likeness (QED) is 0.698. The Morgan fingerprint density at radius 3 is 2.78 bits per heavy atom. The van der Waals surface area contributed by atoms with Crippen molar-refractivity contribution in [2.75, 3.05) is 13.1 Å². The number of benzene rings is 2. The van der Waals surface area contributed by atoms with Crippen LogP contribution in [0.25, 0.3) is 16.6 Å². The minimum absolute atomic E-state index is 0.0185. The van der Waals surface area contributed by atoms with Gasteiger partial charge in [0.2, 0.25) is 0 Å². The normalized spacial score (nSPS) is 20.1. The van der Waals surface area contributed by atoms with E-state index in [1.54, 1.807) is 12.1 Å². The lowest BCUT2D eigenvalue weighted by molar-refractivity contribution is 0.100. The number of nitrogens with two attached hydrogens (primary N) is 1. The van der Waals surface area contributed by atoms with E-state index in [0.717, 1.165) is 19.0 Å². The minimum Gasteiger partial charge on any atom is -0.366 e. The maximum Gasteiger partial charge on any atom is 0.251 e. The third kappa shape index (κ3) is 3.10. The van der Waals surface area contributed by atoms with Crippen molar-refractivity contribution in [3.8, 4) is 5.69 Å². The van der Waals surface area contributed by atoms with E-state index in [9.17, 15) is 13.6 Å². The number of aromatic nitrogens is 2. The Labute approximate surface area is 155 Å². The smallest absolute Gasteiger partial charge is 0.251 e. The van der Waals surface area contributed by atoms with Gasteiger partial charge in [-0.05, 0) is 61.1 Å². The Balaban J connectivity index is 1.77. The number of hydrogen-bond acceptors (Lipinski definition) is 3. The highest BCUT2D eigenvalue weighted by Crippen LogP contribution is 2.31. The summed E-state index contributed by atoms with van der Waals surface area (Å²) < 4.78 is 29.9. The van der Waals surface area contributed by atoms with Crippen molar-refractivity contribution in [3.05, 3.63) is 59.3 Å². The topological polar surface area (TPSA) is 72.9 Å². The Hall–Kier alpha value is -2.74. The van der Waals surface area contributed by atoms with E-state index < -0.39 is 22.9 Å². The molecule has 2 heterocycles. The number of carbonyl (C=O) groups excluding carboxylic acids is 1. The molecule has 0 bridgehead atoms. The molecule has 1 aliphatic heterocycles. The number of halogens is 2. The largest absolute Gasteiger partial charge is 0.366 e. The molecule has 27 heavy (non-hydrogen) atoms. The van der Waals surface area contributed by atoms with Crippen molar-refractivity contribution in [1.82, 2.24) is 15.1 Å². The van der Waals surface area contributed by atoms with Crippen LogP contribution in [0.5, 0.6) is 0 Å². The highest BCUT2D eigenvalue weighted by molar-refractivity contribution is 6.16. The molecule has 3 aromatic rings. The average molecular weight is 366 g/mol. The third-order valence-corrected chi connectivity index (χ3v) is 5.01. The summed E-state index contributed by atoms with van der Waals surface area (Å²) in [6.45, 7) is 1.38. The van der Waals surface area contributed by atoms with Gasteiger partial charge in [0.05, 0.1) is 19.1 Å². The Morgan fingerprint density at radius 2 is 2.11 bits per heavy atom. The van der Waals surface area contributed by atoms with Crippen molar-refractivity contribution in [3.63, 3.8) is 0 Å². The van der Waals surface area contributed by atoms with Crippen LogP contribution in [0, 0.1) is 11.6 Å². The van der Waals surface area contributed by atoms with Crippen molar-refractivity contribution in [2.45, 2.75) is 18.2 Å². The molecule has 2 aromatic carbocycles. The maximum absolute atomic E-state index is 14.8. The fourth-order valence-electron chi connectivity index (χ4n) is 3.63. The van der Waals surface area contributed by atoms with Crippen molar-refractivity contribution in [1.29, 1.82) is 0 Å². The first-order valence-electron chi connectivity index (χ1n) is 8.66. The molecule has 1 fully saturated rings. The van der Waals surface area contributed by atoms with E-state index in [1.165, 1.54) is 23.0 Å². The predicted molar refractivity (Wildman–Crippen MR) is 99.0 cm³/mol. The van der Waals surface area contributed by atoms with Crippen molar-refractivity contribution < 1.29 is 13.6 Å². The first kappa shape index (κ1) is 17.7. The van der Waals surface area contributed by atoms with Crippen LogP contribution in [0.4, 0.5) is 8.78 Å². The molecule has 136 valence electrons. The molecule has 0 spiro atoms. The molecule has 3 N–H and O–H groups in total. The third-order valence-electron chi connectivity index (χ3n) is 5.01. The highest BCUT2D eigenvalue weighted by atomic mass is 19.1. The molecular weight excluding hydrogens is 349 g/mol. The number of amides is 1. The van der Waals surface area contributed by atoms with Gasteiger partial charge in [-0.3, -0.25) is 4.79 Å². The summed E-state index contributed by atoms with van der Waals surface area (Å²) in [6.07, 6.45) is 3.10. The molecule has 1 amide bonds. The number of nitrogens with one attached hydrogen (secondary N) is 1. The molecule has 1 aromatic heterocycles. The van der Waals surface area contributed by atoms with Gasteiger partial charge in [0.25, 0.3) is 5.91 Å². The van der Waals surface area contributed by atoms with Crippen molar-refractivity contribution in [2.24, 2.45) is 5.73 Å². The van der Waals surface area contributed by atoms with Gasteiger partial charge in [-0.2, -0.15) is 5.10 Å². The molecule has 1 saturated heterocycles. The Bertz CT molecular complexity index is 1040. The molecule has 5 nitrogen and oxygen atoms in total. The minimum atomic E-state index is -0.777. The molecule has 0 aliphatic carbocycles. The van der Waals surface area contributed by atoms with E-state index in [-0.39, 0.29) is 11.1 Å². The molecule has 1 atom stereocenters. The van der Waals surface area contributed by atoms with E-state index in [4.69, 9.17) is 13.6 Å². The molecule has 0 saturated carbocycles. The van der Waals surface area contributed by atoms with Gasteiger partial charge >= 0.3 is 0 Å². The summed E-state index contributed by atoms with van der Waals surface area (Å²) in [5.41, 5.74) is 6.43. The molecule has 1 aliphatic rings. The summed E-state index contributed by atoms with van der Waals surface area (Å²) in [5, 5.41) is 7.13. The molecule has 4 rings (SSSR count). The molecule has 0 unspecified atom stereocenters. The summed E-state index contributed by atoms with van der Waals surface area (Å²) in [4.78, 5) is 11.5. The van der Waals surface area contributed by atoms with Crippen LogP contribution in [-0.2, 0) is 5.31 Å². The number of carbonyl (C=O) groups is 1. The number of piperidine rings is 1. The molecule has 8 heteroatoms. The Kier molecular flexibility index (Phi) is 4.22. The number of hydrogen-bond donors (Lipinski definition) is 2. The summed E-state index contributed by atoms with van der Waals surface area (Å²) in [5.74, 6) is -1.80. The van der Waals surface area contributed by atoms with Crippen molar-refractivity contribution >= 4 is 24.7 Å². The first-order chi connectivity index (χ1) is 12.9. The summed E-state index contributed by atoms with van der Waals surface area (Å²) in [6, 6.07) is 6.98. The van der Waals surface area contributed by atoms with E-state index in [2.05, 4.69) is 10.4 Å². The number of primary amides is 1. The van der Waals surface area contributed by atoms with Crippen LogP contribution in [0.15, 0.2) is 36.5 Å². The monoisotopic (exact) mass is 366 g/mol. The zero-order valence-corrected chi connectivity index (χ0v) is 14.5. The van der Waals surface area contributed by atoms with Gasteiger partial charge < -0.3 is 11.1 Å². The predicted octanol–water partition coefficient (Wildman–Crippen LogP) is 2.15. The molecular formula is C19H17BF2N4O. The number of rotatable bonds is 3. The SMILES string of the molecule is [B][C@]1(c2ccc(-n3cc4cc(F)cc(C(N)=O)c4n3)cc2F)CCCNC1. The lowest BCUT2D eigenvalue weighted by atomic mass is 9.60. The van der Waals surface area contributed by atoms with Crippen LogP contribution < -0.4 is 11.1 Å². The zero-order valence-electron chi connectivity index (χ0n) is 14.5. The fourth-order valence-corrected chi connectivity index (χ4v) is 3.63. The van der Waals surface area contributed by atoms with E-state index in [1.807, 2.05) is 0 Å². The van der Waals surface area contributed by atoms with Crippen LogP contribution in [0.3, 0.4) is 0 Å². The standard InChI is InChI=1S/C19H17BF2N4O/c20-19(4-1-5-24-10-19)15-3-2-13(8-16(15)22)26-9-11-6-12(21)7-14(18(23)27)17(11)25-26/h2-3,6-9,24H,1,4-5,10H2,(H2,23,27)/t19-/m1/s1. The number of fused-ring (bicyclic) bond motifs is 1. The average Bonchev–Trinajstić information content (AvgIpc) is 3.05. The molecule has 2 radical (unpaired) electrons. The zero-order chi connectivity index (χ0) is 19.2.